The SMILES string of the molecule is Cc1ccccc1-n1c(C)c(CC=O)c2cc(OCC(O)CN(C)C(O)(O)O)ccc21. The van der Waals surface area contributed by atoms with Crippen LogP contribution in [0.3, 0.4) is 0 Å². The van der Waals surface area contributed by atoms with Crippen LogP contribution < -0.4 is 4.74 Å². The first-order chi connectivity index (χ1) is 14.6. The van der Waals surface area contributed by atoms with Crippen molar-refractivity contribution < 1.29 is 30.0 Å². The van der Waals surface area contributed by atoms with Crippen molar-refractivity contribution in [2.75, 3.05) is 20.2 Å². The molecule has 8 nitrogen and oxygen atoms in total. The van der Waals surface area contributed by atoms with Gasteiger partial charge in [0.1, 0.15) is 24.7 Å². The lowest BCUT2D eigenvalue weighted by molar-refractivity contribution is -0.390. The topological polar surface area (TPSA) is 115 Å². The predicted octanol–water partition coefficient (Wildman–Crippen LogP) is 1.25. The number of carbonyl (C=O) groups excluding carboxylic acids is 1. The molecule has 4 N–H and O–H groups in total. The first kappa shape index (κ1) is 22.9. The van der Waals surface area contributed by atoms with Crippen molar-refractivity contribution >= 4 is 17.2 Å². The average Bonchev–Trinajstić information content (AvgIpc) is 2.97. The Morgan fingerprint density at radius 3 is 2.52 bits per heavy atom. The second-order valence-electron chi connectivity index (χ2n) is 7.68. The molecule has 31 heavy (non-hydrogen) atoms. The van der Waals surface area contributed by atoms with Gasteiger partial charge in [0.25, 0.3) is 0 Å². The Hall–Kier alpha value is -2.75. The van der Waals surface area contributed by atoms with Gasteiger partial charge in [-0.1, -0.05) is 18.2 Å². The number of likely N-dealkylation sites (N-methyl/N-ethyl adjacent to an activating group) is 1. The molecule has 2 aromatic carbocycles. The zero-order valence-electron chi connectivity index (χ0n) is 17.8. The van der Waals surface area contributed by atoms with Crippen LogP contribution >= 0.6 is 0 Å². The van der Waals surface area contributed by atoms with E-state index >= 15 is 0 Å². The lowest BCUT2D eigenvalue weighted by Crippen LogP contribution is -2.50. The summed E-state index contributed by atoms with van der Waals surface area (Å²) in [4.78, 5) is 12.1. The molecule has 0 aliphatic carbocycles. The van der Waals surface area contributed by atoms with Crippen LogP contribution in [-0.4, -0.2) is 68.6 Å². The molecule has 0 saturated carbocycles. The molecule has 1 aromatic heterocycles. The molecule has 0 aliphatic heterocycles. The van der Waals surface area contributed by atoms with Crippen LogP contribution in [0.25, 0.3) is 16.6 Å². The first-order valence-electron chi connectivity index (χ1n) is 9.96. The van der Waals surface area contributed by atoms with Crippen LogP contribution in [0.4, 0.5) is 0 Å². The smallest absolute Gasteiger partial charge is 0.345 e. The second-order valence-corrected chi connectivity index (χ2v) is 7.68. The van der Waals surface area contributed by atoms with Crippen LogP contribution in [0, 0.1) is 13.8 Å². The van der Waals surface area contributed by atoms with Crippen LogP contribution in [0.1, 0.15) is 16.8 Å². The molecular formula is C23H28N2O6. The summed E-state index contributed by atoms with van der Waals surface area (Å²) < 4.78 is 7.81. The largest absolute Gasteiger partial charge is 0.491 e. The summed E-state index contributed by atoms with van der Waals surface area (Å²) in [6.07, 6.45) is -2.94. The standard InChI is InChI=1S/C23H28N2O6/c1-15-6-4-5-7-21(15)25-16(2)19(10-11-26)20-12-18(8-9-22(20)25)31-14-17(27)13-24(3)23(28,29)30/h4-9,11-12,17,27-30H,10,13-14H2,1-3H3. The number of aryl methyl sites for hydroxylation is 1. The fourth-order valence-electron chi connectivity index (χ4n) is 3.70. The molecule has 0 saturated heterocycles. The van der Waals surface area contributed by atoms with E-state index in [0.29, 0.717) is 5.75 Å². The molecule has 0 aliphatic rings. The molecule has 1 unspecified atom stereocenters. The van der Waals surface area contributed by atoms with Crippen LogP contribution in [0.2, 0.25) is 0 Å². The third kappa shape index (κ3) is 4.95. The zero-order valence-corrected chi connectivity index (χ0v) is 17.8. The number of ether oxygens (including phenoxy) is 1. The van der Waals surface area contributed by atoms with Crippen molar-refractivity contribution in [2.24, 2.45) is 0 Å². The highest BCUT2D eigenvalue weighted by Crippen LogP contribution is 2.33. The van der Waals surface area contributed by atoms with E-state index in [0.717, 1.165) is 44.6 Å². The van der Waals surface area contributed by atoms with Crippen molar-refractivity contribution in [3.8, 4) is 11.4 Å². The fraction of sp³-hybridized carbons (Fsp3) is 0.348. The number of aldehydes is 1. The van der Waals surface area contributed by atoms with E-state index in [1.54, 1.807) is 6.07 Å². The van der Waals surface area contributed by atoms with E-state index in [9.17, 15) is 9.90 Å². The maximum atomic E-state index is 11.3. The third-order valence-corrected chi connectivity index (χ3v) is 5.39. The van der Waals surface area contributed by atoms with Crippen molar-refractivity contribution in [2.45, 2.75) is 32.5 Å². The van der Waals surface area contributed by atoms with E-state index in [1.165, 1.54) is 7.05 Å². The zero-order chi connectivity index (χ0) is 22.8. The molecule has 166 valence electrons. The number of fused-ring (bicyclic) bond motifs is 1. The Bertz CT molecular complexity index is 1070. The first-order valence-corrected chi connectivity index (χ1v) is 9.96. The van der Waals surface area contributed by atoms with Crippen molar-refractivity contribution in [1.82, 2.24) is 9.47 Å². The number of hydrogen-bond donors (Lipinski definition) is 4. The highest BCUT2D eigenvalue weighted by Gasteiger charge is 2.27. The van der Waals surface area contributed by atoms with Gasteiger partial charge in [-0.2, -0.15) is 0 Å². The van der Waals surface area contributed by atoms with Gasteiger partial charge in [0.15, 0.2) is 0 Å². The van der Waals surface area contributed by atoms with E-state index in [-0.39, 0.29) is 19.6 Å². The minimum Gasteiger partial charge on any atom is -0.491 e. The number of para-hydroxylation sites is 1. The number of nitrogens with zero attached hydrogens (tertiary/aromatic N) is 2. The Labute approximate surface area is 180 Å². The fourth-order valence-corrected chi connectivity index (χ4v) is 3.70. The molecule has 0 amide bonds. The number of rotatable bonds is 9. The van der Waals surface area contributed by atoms with Gasteiger partial charge in [-0.05, 0) is 56.3 Å². The quantitative estimate of drug-likeness (QED) is 0.299. The van der Waals surface area contributed by atoms with Crippen LogP contribution in [-0.2, 0) is 11.2 Å². The summed E-state index contributed by atoms with van der Waals surface area (Å²) in [6.45, 7) is 3.68. The Kier molecular flexibility index (Phi) is 6.78. The van der Waals surface area contributed by atoms with Gasteiger partial charge in [-0.15, -0.1) is 0 Å². The Balaban J connectivity index is 1.91. The minimum absolute atomic E-state index is 0.119. The van der Waals surface area contributed by atoms with Gasteiger partial charge in [0.2, 0.25) is 0 Å². The highest BCUT2D eigenvalue weighted by molar-refractivity contribution is 5.90. The number of benzene rings is 2. The van der Waals surface area contributed by atoms with Crippen molar-refractivity contribution in [3.05, 3.63) is 59.3 Å². The maximum Gasteiger partial charge on any atom is 0.345 e. The normalized spacial score (nSPS) is 13.0. The van der Waals surface area contributed by atoms with Gasteiger partial charge >= 0.3 is 6.10 Å². The van der Waals surface area contributed by atoms with Gasteiger partial charge in [-0.25, -0.2) is 4.90 Å². The van der Waals surface area contributed by atoms with E-state index in [1.807, 2.05) is 50.2 Å². The average molecular weight is 428 g/mol. The predicted molar refractivity (Wildman–Crippen MR) is 116 cm³/mol. The summed E-state index contributed by atoms with van der Waals surface area (Å²) in [5.74, 6) is 0.506. The summed E-state index contributed by atoms with van der Waals surface area (Å²) >= 11 is 0. The molecule has 3 rings (SSSR count). The lowest BCUT2D eigenvalue weighted by Gasteiger charge is -2.27. The van der Waals surface area contributed by atoms with Crippen molar-refractivity contribution in [1.29, 1.82) is 0 Å². The molecule has 3 aromatic rings. The highest BCUT2D eigenvalue weighted by atomic mass is 16.7. The summed E-state index contributed by atoms with van der Waals surface area (Å²) in [7, 11) is 1.25. The molecule has 0 bridgehead atoms. The van der Waals surface area contributed by atoms with Gasteiger partial charge in [0, 0.05) is 29.7 Å². The van der Waals surface area contributed by atoms with Crippen LogP contribution in [0.15, 0.2) is 42.5 Å². The molecule has 8 heteroatoms. The summed E-state index contributed by atoms with van der Waals surface area (Å²) in [5, 5.41) is 38.3. The number of aromatic nitrogens is 1. The summed E-state index contributed by atoms with van der Waals surface area (Å²) in [5.41, 5.74) is 4.97. The van der Waals surface area contributed by atoms with Gasteiger partial charge < -0.3 is 34.5 Å². The monoisotopic (exact) mass is 428 g/mol. The number of aliphatic hydroxyl groups is 4. The molecular weight excluding hydrogens is 400 g/mol. The second kappa shape index (κ2) is 9.17. The van der Waals surface area contributed by atoms with Crippen molar-refractivity contribution in [3.63, 3.8) is 0 Å². The molecule has 0 radical (unpaired) electrons. The molecule has 0 spiro atoms. The van der Waals surface area contributed by atoms with E-state index in [2.05, 4.69) is 4.57 Å². The van der Waals surface area contributed by atoms with Crippen LogP contribution in [0.5, 0.6) is 5.75 Å². The lowest BCUT2D eigenvalue weighted by atomic mass is 10.1. The number of hydrogen-bond acceptors (Lipinski definition) is 7. The molecule has 1 atom stereocenters. The van der Waals surface area contributed by atoms with Gasteiger partial charge in [0.05, 0.1) is 5.52 Å². The third-order valence-electron chi connectivity index (χ3n) is 5.39. The Morgan fingerprint density at radius 1 is 1.16 bits per heavy atom. The Morgan fingerprint density at radius 2 is 1.87 bits per heavy atom. The number of carbonyl (C=O) groups is 1. The van der Waals surface area contributed by atoms with E-state index < -0.39 is 12.2 Å². The number of aliphatic hydroxyl groups excluding tert-OH is 1. The molecule has 0 fully saturated rings. The maximum absolute atomic E-state index is 11.3. The minimum atomic E-state index is -3.01. The molecule has 1 heterocycles. The van der Waals surface area contributed by atoms with E-state index in [4.69, 9.17) is 20.1 Å². The summed E-state index contributed by atoms with van der Waals surface area (Å²) in [6, 6.07) is 13.6. The van der Waals surface area contributed by atoms with Gasteiger partial charge in [-0.3, -0.25) is 0 Å².